The van der Waals surface area contributed by atoms with Crippen molar-refractivity contribution in [2.45, 2.75) is 38.6 Å². The summed E-state index contributed by atoms with van der Waals surface area (Å²) >= 11 is 0. The maximum absolute atomic E-state index is 12.4. The van der Waals surface area contributed by atoms with Gasteiger partial charge in [0.1, 0.15) is 0 Å². The van der Waals surface area contributed by atoms with Gasteiger partial charge in [-0.25, -0.2) is 0 Å². The molecule has 0 saturated carbocycles. The number of carbonyl (C=O) groups excluding carboxylic acids is 2. The van der Waals surface area contributed by atoms with Crippen molar-refractivity contribution in [3.8, 4) is 0 Å². The lowest BCUT2D eigenvalue weighted by Gasteiger charge is -2.33. The molecule has 0 radical (unpaired) electrons. The van der Waals surface area contributed by atoms with Crippen molar-refractivity contribution < 1.29 is 14.7 Å². The lowest BCUT2D eigenvalue weighted by molar-refractivity contribution is -0.126. The molecule has 5 heteroatoms. The van der Waals surface area contributed by atoms with Gasteiger partial charge in [0.05, 0.1) is 12.6 Å². The first kappa shape index (κ1) is 20.1. The molecule has 0 spiro atoms. The van der Waals surface area contributed by atoms with E-state index in [0.717, 1.165) is 24.0 Å². The molecule has 3 N–H and O–H groups in total. The summed E-state index contributed by atoms with van der Waals surface area (Å²) in [5.41, 5.74) is 4.57. The van der Waals surface area contributed by atoms with Gasteiger partial charge in [0, 0.05) is 18.9 Å². The third-order valence-electron chi connectivity index (χ3n) is 5.40. The van der Waals surface area contributed by atoms with E-state index < -0.39 is 0 Å². The van der Waals surface area contributed by atoms with Crippen LogP contribution in [0.4, 0.5) is 0 Å². The molecular weight excluding hydrogens is 352 g/mol. The summed E-state index contributed by atoms with van der Waals surface area (Å²) in [4.78, 5) is 24.5. The summed E-state index contributed by atoms with van der Waals surface area (Å²) in [7, 11) is 0. The summed E-state index contributed by atoms with van der Waals surface area (Å²) in [6.45, 7) is 2.01. The Morgan fingerprint density at radius 2 is 1.82 bits per heavy atom. The van der Waals surface area contributed by atoms with Crippen LogP contribution in [0.15, 0.2) is 48.5 Å². The Hall–Kier alpha value is -2.66. The van der Waals surface area contributed by atoms with E-state index in [9.17, 15) is 14.7 Å². The first-order valence-electron chi connectivity index (χ1n) is 9.87. The third kappa shape index (κ3) is 5.20. The Bertz CT molecular complexity index is 817. The highest BCUT2D eigenvalue weighted by atomic mass is 16.3. The van der Waals surface area contributed by atoms with Crippen LogP contribution in [0.25, 0.3) is 0 Å². The van der Waals surface area contributed by atoms with Gasteiger partial charge in [-0.2, -0.15) is 0 Å². The van der Waals surface area contributed by atoms with E-state index >= 15 is 0 Å². The maximum Gasteiger partial charge on any atom is 0.239 e. The van der Waals surface area contributed by atoms with Crippen molar-refractivity contribution in [3.63, 3.8) is 0 Å². The lowest BCUT2D eigenvalue weighted by atomic mass is 9.80. The van der Waals surface area contributed by atoms with Crippen molar-refractivity contribution >= 4 is 11.8 Å². The summed E-state index contributed by atoms with van der Waals surface area (Å²) in [6, 6.07) is 15.9. The summed E-state index contributed by atoms with van der Waals surface area (Å²) in [5.74, 6) is -0.376. The average Bonchev–Trinajstić information content (AvgIpc) is 2.72. The zero-order chi connectivity index (χ0) is 19.9. The van der Waals surface area contributed by atoms with Gasteiger partial charge in [-0.3, -0.25) is 9.59 Å². The molecule has 5 nitrogen and oxygen atoms in total. The van der Waals surface area contributed by atoms with Crippen LogP contribution in [0.1, 0.15) is 41.1 Å². The van der Waals surface area contributed by atoms with Gasteiger partial charge in [0.15, 0.2) is 0 Å². The van der Waals surface area contributed by atoms with Crippen LogP contribution in [0, 0.1) is 12.8 Å². The Balaban J connectivity index is 1.49. The number of benzene rings is 2. The number of rotatable bonds is 7. The first-order valence-corrected chi connectivity index (χ1v) is 9.87. The van der Waals surface area contributed by atoms with Crippen molar-refractivity contribution in [3.05, 3.63) is 70.8 Å². The van der Waals surface area contributed by atoms with Gasteiger partial charge in [0.25, 0.3) is 0 Å². The van der Waals surface area contributed by atoms with E-state index in [1.54, 1.807) is 0 Å². The van der Waals surface area contributed by atoms with Crippen LogP contribution in [0.5, 0.6) is 0 Å². The number of hydrogen-bond donors (Lipinski definition) is 3. The van der Waals surface area contributed by atoms with Gasteiger partial charge >= 0.3 is 0 Å². The maximum atomic E-state index is 12.4. The Morgan fingerprint density at radius 1 is 1.07 bits per heavy atom. The molecule has 3 rings (SSSR count). The number of amides is 2. The topological polar surface area (TPSA) is 78.4 Å². The van der Waals surface area contributed by atoms with Gasteiger partial charge < -0.3 is 15.7 Å². The highest BCUT2D eigenvalue weighted by Gasteiger charge is 2.30. The molecule has 0 aliphatic heterocycles. The molecule has 28 heavy (non-hydrogen) atoms. The normalized spacial score (nSPS) is 18.2. The number of nitrogens with one attached hydrogen (secondary N) is 2. The number of aliphatic hydroxyl groups is 1. The molecule has 2 aromatic rings. The molecule has 0 heterocycles. The standard InChI is InChI=1S/C23H28N2O3/c1-16-6-8-17(9-7-16)10-13-21(27)24-14-22(28)25-23-19(15-26)12-11-18-4-2-3-5-20(18)23/h2-9,19,23,26H,10-15H2,1H3,(H,24,27)(H,25,28)/t19-,23+/m1/s1. The van der Waals surface area contributed by atoms with Gasteiger partial charge in [0.2, 0.25) is 11.8 Å². The molecule has 0 fully saturated rings. The summed E-state index contributed by atoms with van der Waals surface area (Å²) in [6.07, 6.45) is 2.74. The zero-order valence-corrected chi connectivity index (χ0v) is 16.3. The highest BCUT2D eigenvalue weighted by molar-refractivity contribution is 5.85. The second kappa shape index (κ2) is 9.51. The van der Waals surface area contributed by atoms with Crippen molar-refractivity contribution in [2.24, 2.45) is 5.92 Å². The lowest BCUT2D eigenvalue weighted by Crippen LogP contribution is -2.43. The predicted octanol–water partition coefficient (Wildman–Crippen LogP) is 2.46. The number of hydrogen-bond acceptors (Lipinski definition) is 3. The first-order chi connectivity index (χ1) is 13.6. The highest BCUT2D eigenvalue weighted by Crippen LogP contribution is 2.34. The molecule has 148 valence electrons. The van der Waals surface area contributed by atoms with Gasteiger partial charge in [-0.15, -0.1) is 0 Å². The van der Waals surface area contributed by atoms with E-state index in [1.165, 1.54) is 11.1 Å². The molecule has 2 atom stereocenters. The van der Waals surface area contributed by atoms with E-state index in [2.05, 4.69) is 16.7 Å². The molecule has 0 unspecified atom stereocenters. The fourth-order valence-corrected chi connectivity index (χ4v) is 3.72. The molecular formula is C23H28N2O3. The van der Waals surface area contributed by atoms with Crippen LogP contribution >= 0.6 is 0 Å². The molecule has 2 aromatic carbocycles. The minimum atomic E-state index is -0.233. The second-order valence-electron chi connectivity index (χ2n) is 7.49. The minimum Gasteiger partial charge on any atom is -0.396 e. The van der Waals surface area contributed by atoms with E-state index in [1.807, 2.05) is 49.4 Å². The Labute approximate surface area is 166 Å². The predicted molar refractivity (Wildman–Crippen MR) is 109 cm³/mol. The summed E-state index contributed by atoms with van der Waals surface area (Å²) in [5, 5.41) is 15.4. The van der Waals surface area contributed by atoms with E-state index in [4.69, 9.17) is 0 Å². The van der Waals surface area contributed by atoms with Crippen LogP contribution in [-0.4, -0.2) is 30.1 Å². The molecule has 0 saturated heterocycles. The quantitative estimate of drug-likeness (QED) is 0.690. The number of fused-ring (bicyclic) bond motifs is 1. The summed E-state index contributed by atoms with van der Waals surface area (Å²) < 4.78 is 0. The fraction of sp³-hybridized carbons (Fsp3) is 0.391. The fourth-order valence-electron chi connectivity index (χ4n) is 3.72. The van der Waals surface area contributed by atoms with Gasteiger partial charge in [-0.05, 0) is 42.9 Å². The smallest absolute Gasteiger partial charge is 0.239 e. The van der Waals surface area contributed by atoms with Crippen LogP contribution in [0.3, 0.4) is 0 Å². The van der Waals surface area contributed by atoms with Crippen molar-refractivity contribution in [1.82, 2.24) is 10.6 Å². The van der Waals surface area contributed by atoms with Crippen LogP contribution in [-0.2, 0) is 22.4 Å². The number of aliphatic hydroxyl groups excluding tert-OH is 1. The van der Waals surface area contributed by atoms with Gasteiger partial charge in [-0.1, -0.05) is 54.1 Å². The number of aryl methyl sites for hydroxylation is 3. The molecule has 0 bridgehead atoms. The van der Waals surface area contributed by atoms with Crippen molar-refractivity contribution in [1.29, 1.82) is 0 Å². The molecule has 0 aromatic heterocycles. The molecule has 2 amide bonds. The average molecular weight is 380 g/mol. The Morgan fingerprint density at radius 3 is 2.57 bits per heavy atom. The van der Waals surface area contributed by atoms with Crippen LogP contribution in [0.2, 0.25) is 0 Å². The van der Waals surface area contributed by atoms with E-state index in [-0.39, 0.29) is 36.9 Å². The largest absolute Gasteiger partial charge is 0.396 e. The second-order valence-corrected chi connectivity index (χ2v) is 7.49. The molecule has 1 aliphatic rings. The SMILES string of the molecule is Cc1ccc(CCC(=O)NCC(=O)N[C@@H]2c3ccccc3CC[C@@H]2CO)cc1. The van der Waals surface area contributed by atoms with E-state index in [0.29, 0.717) is 12.8 Å². The van der Waals surface area contributed by atoms with Crippen molar-refractivity contribution in [2.75, 3.05) is 13.2 Å². The third-order valence-corrected chi connectivity index (χ3v) is 5.40. The Kier molecular flexibility index (Phi) is 6.82. The zero-order valence-electron chi connectivity index (χ0n) is 16.3. The minimum absolute atomic E-state index is 0.00362. The monoisotopic (exact) mass is 380 g/mol. The van der Waals surface area contributed by atoms with Crippen LogP contribution < -0.4 is 10.6 Å². The molecule has 1 aliphatic carbocycles. The number of carbonyl (C=O) groups is 2.